The van der Waals surface area contributed by atoms with Gasteiger partial charge in [0.05, 0.1) is 17.7 Å². The van der Waals surface area contributed by atoms with E-state index >= 15 is 0 Å². The van der Waals surface area contributed by atoms with Crippen molar-refractivity contribution in [1.82, 2.24) is 14.7 Å². The van der Waals surface area contributed by atoms with Crippen molar-refractivity contribution >= 4 is 6.09 Å². The number of hydrogen-bond acceptors (Lipinski definition) is 5. The molecule has 2 aromatic rings. The van der Waals surface area contributed by atoms with E-state index in [1.54, 1.807) is 17.0 Å². The van der Waals surface area contributed by atoms with E-state index in [4.69, 9.17) is 14.7 Å². The van der Waals surface area contributed by atoms with Gasteiger partial charge in [0.15, 0.2) is 0 Å². The Morgan fingerprint density at radius 1 is 1.25 bits per heavy atom. The number of amides is 1. The highest BCUT2D eigenvalue weighted by Crippen LogP contribution is 2.44. The Hall–Kier alpha value is -3.08. The fourth-order valence-electron chi connectivity index (χ4n) is 3.88. The van der Waals surface area contributed by atoms with Gasteiger partial charge >= 0.3 is 6.09 Å². The Morgan fingerprint density at radius 3 is 2.56 bits per heavy atom. The molecule has 1 aliphatic carbocycles. The summed E-state index contributed by atoms with van der Waals surface area (Å²) in [6.07, 6.45) is 5.55. The van der Waals surface area contributed by atoms with Crippen molar-refractivity contribution in [3.8, 4) is 11.9 Å². The van der Waals surface area contributed by atoms with Crippen LogP contribution in [-0.4, -0.2) is 39.5 Å². The summed E-state index contributed by atoms with van der Waals surface area (Å²) in [7, 11) is 0. The second kappa shape index (κ2) is 8.81. The Kier molecular flexibility index (Phi) is 6.09. The number of hydrogen-bond donors (Lipinski definition) is 0. The fourth-order valence-corrected chi connectivity index (χ4v) is 3.88. The zero-order valence-electron chi connectivity index (χ0n) is 18.8. The maximum atomic E-state index is 14.2. The lowest BCUT2D eigenvalue weighted by molar-refractivity contribution is 0.0184. The molecule has 170 valence electrons. The quantitative estimate of drug-likeness (QED) is 0.659. The third-order valence-corrected chi connectivity index (χ3v) is 5.78. The number of piperidine rings is 1. The number of carbonyl (C=O) groups excluding carboxylic acids is 1. The van der Waals surface area contributed by atoms with Crippen LogP contribution < -0.4 is 4.74 Å². The number of halogens is 1. The lowest BCUT2D eigenvalue weighted by Crippen LogP contribution is -2.42. The van der Waals surface area contributed by atoms with Crippen molar-refractivity contribution in [1.29, 1.82) is 5.26 Å². The molecule has 4 rings (SSSR count). The minimum absolute atomic E-state index is 0.0609. The molecule has 1 amide bonds. The largest absolute Gasteiger partial charge is 0.471 e. The molecule has 0 radical (unpaired) electrons. The van der Waals surface area contributed by atoms with Crippen LogP contribution in [0.4, 0.5) is 9.18 Å². The number of likely N-dealkylation sites (tertiary alicyclic amines) is 1. The molecule has 0 atom stereocenters. The molecular formula is C24H29FN4O3. The van der Waals surface area contributed by atoms with E-state index < -0.39 is 11.4 Å². The summed E-state index contributed by atoms with van der Waals surface area (Å²) in [5.41, 5.74) is 1.24. The van der Waals surface area contributed by atoms with E-state index in [1.807, 2.05) is 31.5 Å². The molecule has 1 aromatic carbocycles. The average Bonchev–Trinajstić information content (AvgIpc) is 3.51. The average molecular weight is 441 g/mol. The normalized spacial score (nSPS) is 17.2. The highest BCUT2D eigenvalue weighted by atomic mass is 19.1. The van der Waals surface area contributed by atoms with Gasteiger partial charge in [-0.3, -0.25) is 4.68 Å². The minimum Gasteiger partial charge on any atom is -0.471 e. The van der Waals surface area contributed by atoms with Gasteiger partial charge in [-0.2, -0.15) is 5.26 Å². The summed E-state index contributed by atoms with van der Waals surface area (Å²) in [5.74, 6) is 0.531. The van der Waals surface area contributed by atoms with Crippen molar-refractivity contribution in [2.75, 3.05) is 13.1 Å². The highest BCUT2D eigenvalue weighted by Gasteiger charge is 2.32. The van der Waals surface area contributed by atoms with Crippen molar-refractivity contribution in [3.63, 3.8) is 0 Å². The predicted octanol–water partition coefficient (Wildman–Crippen LogP) is 4.92. The van der Waals surface area contributed by atoms with Crippen LogP contribution in [0.25, 0.3) is 0 Å². The van der Waals surface area contributed by atoms with Crippen LogP contribution in [0.1, 0.15) is 75.1 Å². The van der Waals surface area contributed by atoms with Crippen molar-refractivity contribution < 1.29 is 18.7 Å². The van der Waals surface area contributed by atoms with E-state index in [2.05, 4.69) is 11.3 Å². The zero-order chi connectivity index (χ0) is 22.9. The second-order valence-corrected chi connectivity index (χ2v) is 9.55. The van der Waals surface area contributed by atoms with Crippen LogP contribution in [0.15, 0.2) is 24.4 Å². The monoisotopic (exact) mass is 440 g/mol. The van der Waals surface area contributed by atoms with Crippen LogP contribution in [0.3, 0.4) is 0 Å². The smallest absolute Gasteiger partial charge is 0.410 e. The molecule has 2 aliphatic rings. The SMILES string of the molecule is CC(C)(C)OC(=O)N1CCC(n2cc(C3CC3)c(OCc3ccc(C#N)cc3F)n2)CC1. The van der Waals surface area contributed by atoms with Crippen LogP contribution in [-0.2, 0) is 11.3 Å². The number of rotatable bonds is 5. The third kappa shape index (κ3) is 5.21. The second-order valence-electron chi connectivity index (χ2n) is 9.55. The molecule has 1 aromatic heterocycles. The van der Waals surface area contributed by atoms with Gasteiger partial charge in [-0.15, -0.1) is 5.10 Å². The first kappa shape index (κ1) is 22.1. The minimum atomic E-state index is -0.504. The molecule has 1 saturated carbocycles. The van der Waals surface area contributed by atoms with Gasteiger partial charge in [-0.1, -0.05) is 6.07 Å². The summed E-state index contributed by atoms with van der Waals surface area (Å²) in [5, 5.41) is 13.6. The Labute approximate surface area is 187 Å². The lowest BCUT2D eigenvalue weighted by Gasteiger charge is -2.33. The Bertz CT molecular complexity index is 1020. The maximum Gasteiger partial charge on any atom is 0.410 e. The number of benzene rings is 1. The highest BCUT2D eigenvalue weighted by molar-refractivity contribution is 5.68. The number of nitrogens with zero attached hydrogens (tertiary/aromatic N) is 4. The molecule has 1 aliphatic heterocycles. The molecule has 7 nitrogen and oxygen atoms in total. The topological polar surface area (TPSA) is 80.4 Å². The van der Waals surface area contributed by atoms with Gasteiger partial charge < -0.3 is 14.4 Å². The summed E-state index contributed by atoms with van der Waals surface area (Å²) in [6.45, 7) is 6.89. The number of nitriles is 1. The van der Waals surface area contributed by atoms with Crippen molar-refractivity contribution in [3.05, 3.63) is 46.9 Å². The molecule has 0 N–H and O–H groups in total. The van der Waals surface area contributed by atoms with Crippen molar-refractivity contribution in [2.24, 2.45) is 0 Å². The fraction of sp³-hybridized carbons (Fsp3) is 0.542. The van der Waals surface area contributed by atoms with Crippen molar-refractivity contribution in [2.45, 2.75) is 70.6 Å². The maximum absolute atomic E-state index is 14.2. The van der Waals surface area contributed by atoms with Crippen LogP contribution >= 0.6 is 0 Å². The number of ether oxygens (including phenoxy) is 2. The van der Waals surface area contributed by atoms with Gasteiger partial charge in [-0.05, 0) is 64.5 Å². The summed E-state index contributed by atoms with van der Waals surface area (Å²) >= 11 is 0. The zero-order valence-corrected chi connectivity index (χ0v) is 18.8. The Morgan fingerprint density at radius 2 is 1.97 bits per heavy atom. The molecule has 2 heterocycles. The first-order valence-electron chi connectivity index (χ1n) is 11.1. The Balaban J connectivity index is 1.41. The van der Waals surface area contributed by atoms with Gasteiger partial charge in [-0.25, -0.2) is 9.18 Å². The standard InChI is InChI=1S/C24H29FN4O3/c1-24(2,3)32-23(30)28-10-8-19(9-11-28)29-14-20(17-6-7-17)22(27-29)31-15-18-5-4-16(13-26)12-21(18)25/h4-5,12,14,17,19H,6-11,15H2,1-3H3. The van der Waals surface area contributed by atoms with E-state index in [1.165, 1.54) is 6.07 Å². The van der Waals surface area contributed by atoms with E-state index in [0.717, 1.165) is 31.2 Å². The van der Waals surface area contributed by atoms with Gasteiger partial charge in [0.25, 0.3) is 0 Å². The summed E-state index contributed by atoms with van der Waals surface area (Å²) in [6, 6.07) is 6.49. The van der Waals surface area contributed by atoms with Crippen LogP contribution in [0, 0.1) is 17.1 Å². The van der Waals surface area contributed by atoms with Gasteiger partial charge in [0.1, 0.15) is 18.0 Å². The van der Waals surface area contributed by atoms with Gasteiger partial charge in [0, 0.05) is 30.4 Å². The molecule has 2 fully saturated rings. The first-order valence-corrected chi connectivity index (χ1v) is 11.1. The van der Waals surface area contributed by atoms with Gasteiger partial charge in [0.2, 0.25) is 5.88 Å². The first-order chi connectivity index (χ1) is 15.2. The number of aromatic nitrogens is 2. The molecule has 0 bridgehead atoms. The third-order valence-electron chi connectivity index (χ3n) is 5.78. The predicted molar refractivity (Wildman–Crippen MR) is 116 cm³/mol. The summed E-state index contributed by atoms with van der Waals surface area (Å²) < 4.78 is 27.6. The summed E-state index contributed by atoms with van der Waals surface area (Å²) in [4.78, 5) is 14.1. The molecular weight excluding hydrogens is 411 g/mol. The molecule has 0 spiro atoms. The molecule has 32 heavy (non-hydrogen) atoms. The van der Waals surface area contributed by atoms with E-state index in [0.29, 0.717) is 30.5 Å². The molecule has 8 heteroatoms. The molecule has 1 saturated heterocycles. The molecule has 0 unspecified atom stereocenters. The van der Waals surface area contributed by atoms with Crippen LogP contribution in [0.5, 0.6) is 5.88 Å². The van der Waals surface area contributed by atoms with E-state index in [-0.39, 0.29) is 24.3 Å². The lowest BCUT2D eigenvalue weighted by atomic mass is 10.1. The van der Waals surface area contributed by atoms with Crippen LogP contribution in [0.2, 0.25) is 0 Å². The van der Waals surface area contributed by atoms with E-state index in [9.17, 15) is 9.18 Å². The number of carbonyl (C=O) groups is 1.